The fourth-order valence-electron chi connectivity index (χ4n) is 2.19. The Hall–Kier alpha value is -2.67. The first kappa shape index (κ1) is 17.7. The highest BCUT2D eigenvalue weighted by Crippen LogP contribution is 2.23. The van der Waals surface area contributed by atoms with Crippen LogP contribution in [-0.2, 0) is 9.53 Å². The van der Waals surface area contributed by atoms with Gasteiger partial charge in [-0.3, -0.25) is 9.59 Å². The Bertz CT molecular complexity index is 777. The maximum Gasteiger partial charge on any atom is 0.338 e. The predicted molar refractivity (Wildman–Crippen MR) is 92.3 cm³/mol. The van der Waals surface area contributed by atoms with E-state index < -0.39 is 23.9 Å². The van der Waals surface area contributed by atoms with E-state index in [4.69, 9.17) is 10.5 Å². The Labute approximate surface area is 143 Å². The van der Waals surface area contributed by atoms with Crippen LogP contribution in [0.2, 0.25) is 0 Å². The van der Waals surface area contributed by atoms with E-state index in [1.54, 1.807) is 17.5 Å². The molecule has 126 valence electrons. The van der Waals surface area contributed by atoms with Gasteiger partial charge in [0.1, 0.15) is 5.00 Å². The molecule has 1 aromatic heterocycles. The van der Waals surface area contributed by atoms with Crippen LogP contribution in [0.4, 0.5) is 5.00 Å². The molecule has 0 unspecified atom stereocenters. The Kier molecular flexibility index (Phi) is 5.35. The van der Waals surface area contributed by atoms with Crippen LogP contribution in [0.15, 0.2) is 29.6 Å². The minimum Gasteiger partial charge on any atom is -0.449 e. The molecule has 0 fully saturated rings. The molecule has 0 radical (unpaired) electrons. The number of thiophene rings is 1. The zero-order valence-electron chi connectivity index (χ0n) is 13.6. The number of amides is 2. The molecule has 1 atom stereocenters. The maximum atomic E-state index is 12.2. The second kappa shape index (κ2) is 7.27. The van der Waals surface area contributed by atoms with Crippen molar-refractivity contribution in [3.8, 4) is 0 Å². The number of ether oxygens (including phenoxy) is 1. The Morgan fingerprint density at radius 3 is 2.38 bits per heavy atom. The van der Waals surface area contributed by atoms with Crippen LogP contribution in [0.3, 0.4) is 0 Å². The smallest absolute Gasteiger partial charge is 0.338 e. The summed E-state index contributed by atoms with van der Waals surface area (Å²) in [6.45, 7) is 5.22. The van der Waals surface area contributed by atoms with E-state index in [2.05, 4.69) is 5.32 Å². The van der Waals surface area contributed by atoms with Crippen LogP contribution < -0.4 is 11.1 Å². The molecule has 2 amide bonds. The van der Waals surface area contributed by atoms with Crippen molar-refractivity contribution < 1.29 is 19.1 Å². The quantitative estimate of drug-likeness (QED) is 0.813. The standard InChI is InChI=1S/C17H18N2O4S/c1-9-6-10(2)8-12(7-9)17(22)23-11(3)15(21)19-16-13(14(18)20)4-5-24-16/h4-8,11H,1-3H3,(H2,18,20)(H,19,21)/t11-/m0/s1. The summed E-state index contributed by atoms with van der Waals surface area (Å²) in [4.78, 5) is 35.6. The first-order valence-electron chi connectivity index (χ1n) is 7.25. The van der Waals surface area contributed by atoms with E-state index in [9.17, 15) is 14.4 Å². The van der Waals surface area contributed by atoms with Crippen LogP contribution in [0.1, 0.15) is 38.8 Å². The van der Waals surface area contributed by atoms with Gasteiger partial charge in [-0.1, -0.05) is 17.2 Å². The molecule has 6 nitrogen and oxygen atoms in total. The number of carbonyl (C=O) groups is 3. The number of esters is 1. The molecular formula is C17H18N2O4S. The largest absolute Gasteiger partial charge is 0.449 e. The molecule has 2 aromatic rings. The monoisotopic (exact) mass is 346 g/mol. The van der Waals surface area contributed by atoms with Crippen LogP contribution >= 0.6 is 11.3 Å². The van der Waals surface area contributed by atoms with Gasteiger partial charge < -0.3 is 15.8 Å². The predicted octanol–water partition coefficient (Wildman–Crippen LogP) is 2.65. The average molecular weight is 346 g/mol. The zero-order chi connectivity index (χ0) is 17.9. The van der Waals surface area contributed by atoms with Gasteiger partial charge in [-0.2, -0.15) is 0 Å². The van der Waals surface area contributed by atoms with Crippen molar-refractivity contribution in [2.75, 3.05) is 5.32 Å². The summed E-state index contributed by atoms with van der Waals surface area (Å²) >= 11 is 1.17. The molecule has 0 aliphatic heterocycles. The first-order valence-corrected chi connectivity index (χ1v) is 8.13. The first-order chi connectivity index (χ1) is 11.3. The summed E-state index contributed by atoms with van der Waals surface area (Å²) in [6, 6.07) is 6.86. The highest BCUT2D eigenvalue weighted by atomic mass is 32.1. The summed E-state index contributed by atoms with van der Waals surface area (Å²) in [6.07, 6.45) is -1.01. The van der Waals surface area contributed by atoms with Gasteiger partial charge in [-0.15, -0.1) is 11.3 Å². The number of nitrogens with two attached hydrogens (primary N) is 1. The van der Waals surface area contributed by atoms with Gasteiger partial charge in [0.05, 0.1) is 11.1 Å². The van der Waals surface area contributed by atoms with Gasteiger partial charge >= 0.3 is 5.97 Å². The summed E-state index contributed by atoms with van der Waals surface area (Å²) in [7, 11) is 0. The number of primary amides is 1. The number of aryl methyl sites for hydroxylation is 2. The van der Waals surface area contributed by atoms with E-state index in [1.165, 1.54) is 24.3 Å². The third-order valence-corrected chi connectivity index (χ3v) is 4.11. The number of carbonyl (C=O) groups excluding carboxylic acids is 3. The second-order valence-electron chi connectivity index (χ2n) is 5.44. The fourth-order valence-corrected chi connectivity index (χ4v) is 2.98. The number of benzene rings is 1. The normalized spacial score (nSPS) is 11.6. The van der Waals surface area contributed by atoms with E-state index in [1.807, 2.05) is 19.9 Å². The fraction of sp³-hybridized carbons (Fsp3) is 0.235. The molecule has 1 aromatic carbocycles. The number of nitrogens with one attached hydrogen (secondary N) is 1. The lowest BCUT2D eigenvalue weighted by Crippen LogP contribution is -2.30. The van der Waals surface area contributed by atoms with Crippen molar-refractivity contribution in [2.24, 2.45) is 5.73 Å². The lowest BCUT2D eigenvalue weighted by atomic mass is 10.1. The summed E-state index contributed by atoms with van der Waals surface area (Å²) < 4.78 is 5.19. The molecule has 3 N–H and O–H groups in total. The van der Waals surface area contributed by atoms with Gasteiger partial charge in [-0.25, -0.2) is 4.79 Å². The Balaban J connectivity index is 2.04. The summed E-state index contributed by atoms with van der Waals surface area (Å²) in [5.74, 6) is -1.74. The van der Waals surface area contributed by atoms with Gasteiger partial charge in [0.15, 0.2) is 6.10 Å². The minimum atomic E-state index is -1.01. The van der Waals surface area contributed by atoms with Crippen molar-refractivity contribution >= 4 is 34.1 Å². The maximum absolute atomic E-state index is 12.2. The van der Waals surface area contributed by atoms with Crippen LogP contribution in [0.5, 0.6) is 0 Å². The molecular weight excluding hydrogens is 328 g/mol. The van der Waals surface area contributed by atoms with E-state index >= 15 is 0 Å². The molecule has 24 heavy (non-hydrogen) atoms. The average Bonchev–Trinajstić information content (AvgIpc) is 2.94. The lowest BCUT2D eigenvalue weighted by Gasteiger charge is -2.14. The van der Waals surface area contributed by atoms with Crippen molar-refractivity contribution in [2.45, 2.75) is 26.9 Å². The van der Waals surface area contributed by atoms with Crippen molar-refractivity contribution in [3.05, 3.63) is 51.9 Å². The van der Waals surface area contributed by atoms with E-state index in [-0.39, 0.29) is 5.56 Å². The van der Waals surface area contributed by atoms with Crippen molar-refractivity contribution in [1.29, 1.82) is 0 Å². The molecule has 0 saturated heterocycles. The lowest BCUT2D eigenvalue weighted by molar-refractivity contribution is -0.123. The summed E-state index contributed by atoms with van der Waals surface area (Å²) in [5.41, 5.74) is 7.71. The van der Waals surface area contributed by atoms with Gasteiger partial charge in [0.25, 0.3) is 11.8 Å². The molecule has 0 saturated carbocycles. The second-order valence-corrected chi connectivity index (χ2v) is 6.36. The topological polar surface area (TPSA) is 98.5 Å². The minimum absolute atomic E-state index is 0.223. The van der Waals surface area contributed by atoms with Gasteiger partial charge in [0, 0.05) is 0 Å². The third kappa shape index (κ3) is 4.20. The number of rotatable bonds is 5. The molecule has 0 bridgehead atoms. The van der Waals surface area contributed by atoms with E-state index in [0.29, 0.717) is 10.6 Å². The third-order valence-electron chi connectivity index (χ3n) is 3.28. The molecule has 0 aliphatic rings. The Morgan fingerprint density at radius 2 is 1.79 bits per heavy atom. The van der Waals surface area contributed by atoms with Gasteiger partial charge in [0.2, 0.25) is 0 Å². The Morgan fingerprint density at radius 1 is 1.17 bits per heavy atom. The van der Waals surface area contributed by atoms with Crippen LogP contribution in [0.25, 0.3) is 0 Å². The molecule has 0 aliphatic carbocycles. The van der Waals surface area contributed by atoms with Gasteiger partial charge in [-0.05, 0) is 44.4 Å². The highest BCUT2D eigenvalue weighted by molar-refractivity contribution is 7.14. The molecule has 1 heterocycles. The zero-order valence-corrected chi connectivity index (χ0v) is 14.4. The van der Waals surface area contributed by atoms with E-state index in [0.717, 1.165) is 11.1 Å². The number of anilines is 1. The van der Waals surface area contributed by atoms with Crippen molar-refractivity contribution in [3.63, 3.8) is 0 Å². The number of hydrogen-bond donors (Lipinski definition) is 2. The van der Waals surface area contributed by atoms with Crippen molar-refractivity contribution in [1.82, 2.24) is 0 Å². The molecule has 7 heteroatoms. The number of hydrogen-bond acceptors (Lipinski definition) is 5. The summed E-state index contributed by atoms with van der Waals surface area (Å²) in [5, 5.41) is 4.53. The van der Waals surface area contributed by atoms with Crippen LogP contribution in [0, 0.1) is 13.8 Å². The highest BCUT2D eigenvalue weighted by Gasteiger charge is 2.21. The SMILES string of the molecule is Cc1cc(C)cc(C(=O)O[C@@H](C)C(=O)Nc2sccc2C(N)=O)c1. The van der Waals surface area contributed by atoms with Crippen LogP contribution in [-0.4, -0.2) is 23.9 Å². The molecule has 0 spiro atoms. The molecule has 2 rings (SSSR count).